The fourth-order valence-corrected chi connectivity index (χ4v) is 5.15. The van der Waals surface area contributed by atoms with Crippen LogP contribution in [0.15, 0.2) is 108 Å². The fourth-order valence-electron chi connectivity index (χ4n) is 5.15. The highest BCUT2D eigenvalue weighted by atomic mass is 15.0. The maximum Gasteiger partial charge on any atom is 0.0630 e. The largest absolute Gasteiger partial charge is 0.378 e. The van der Waals surface area contributed by atoms with E-state index in [0.29, 0.717) is 17.9 Å². The Balaban J connectivity index is 1.27. The average molecular weight is 401 g/mol. The summed E-state index contributed by atoms with van der Waals surface area (Å²) >= 11 is 0. The number of para-hydroxylation sites is 1. The van der Waals surface area contributed by atoms with Gasteiger partial charge in [-0.1, -0.05) is 84.9 Å². The second-order valence-electron chi connectivity index (χ2n) is 8.48. The van der Waals surface area contributed by atoms with Gasteiger partial charge in [0.1, 0.15) is 0 Å². The minimum Gasteiger partial charge on any atom is -0.378 e. The van der Waals surface area contributed by atoms with E-state index in [0.717, 1.165) is 17.7 Å². The number of fused-ring (bicyclic) bond motifs is 4. The molecule has 1 aliphatic carbocycles. The predicted octanol–water partition coefficient (Wildman–Crippen LogP) is 7.42. The van der Waals surface area contributed by atoms with Crippen LogP contribution in [-0.2, 0) is 0 Å². The van der Waals surface area contributed by atoms with Gasteiger partial charge in [0.25, 0.3) is 0 Å². The van der Waals surface area contributed by atoms with Gasteiger partial charge in [-0.2, -0.15) is 0 Å². The average Bonchev–Trinajstić information content (AvgIpc) is 3.33. The molecular formula is C29H24N2. The lowest BCUT2D eigenvalue weighted by Crippen LogP contribution is -2.28. The van der Waals surface area contributed by atoms with Crippen LogP contribution >= 0.6 is 0 Å². The van der Waals surface area contributed by atoms with Gasteiger partial charge >= 0.3 is 0 Å². The number of nitrogens with one attached hydrogen (secondary N) is 1. The van der Waals surface area contributed by atoms with Crippen LogP contribution in [0.4, 0.5) is 11.4 Å². The molecule has 31 heavy (non-hydrogen) atoms. The lowest BCUT2D eigenvalue weighted by atomic mass is 9.77. The number of hydrogen-bond donors (Lipinski definition) is 1. The monoisotopic (exact) mass is 400 g/mol. The zero-order chi connectivity index (χ0) is 20.6. The SMILES string of the molecule is C1=C[C@@H]2c3ccccc3N[C@@H](c3ccc(N=Cc4cccc5ccccc45)cc3)[C@H]2C1. The zero-order valence-electron chi connectivity index (χ0n) is 17.3. The molecule has 0 spiro atoms. The van der Waals surface area contributed by atoms with Crippen LogP contribution < -0.4 is 5.32 Å². The van der Waals surface area contributed by atoms with E-state index in [2.05, 4.69) is 108 Å². The highest BCUT2D eigenvalue weighted by molar-refractivity contribution is 6.00. The second kappa shape index (κ2) is 7.55. The highest BCUT2D eigenvalue weighted by Crippen LogP contribution is 2.49. The smallest absolute Gasteiger partial charge is 0.0630 e. The van der Waals surface area contributed by atoms with Crippen LogP contribution in [0.2, 0.25) is 0 Å². The normalized spacial score (nSPS) is 21.7. The molecule has 4 aromatic rings. The predicted molar refractivity (Wildman–Crippen MR) is 130 cm³/mol. The Morgan fingerprint density at radius 2 is 1.61 bits per heavy atom. The Morgan fingerprint density at radius 3 is 2.55 bits per heavy atom. The van der Waals surface area contributed by atoms with Crippen LogP contribution in [0.5, 0.6) is 0 Å². The number of nitrogens with zero attached hydrogens (tertiary/aromatic N) is 1. The summed E-state index contributed by atoms with van der Waals surface area (Å²) in [4.78, 5) is 4.76. The lowest BCUT2D eigenvalue weighted by molar-refractivity contribution is 0.425. The molecule has 2 nitrogen and oxygen atoms in total. The first-order chi connectivity index (χ1) is 15.4. The number of benzene rings is 4. The van der Waals surface area contributed by atoms with E-state index in [4.69, 9.17) is 4.99 Å². The van der Waals surface area contributed by atoms with Gasteiger partial charge in [-0.15, -0.1) is 0 Å². The van der Waals surface area contributed by atoms with Gasteiger partial charge in [0.05, 0.1) is 11.7 Å². The molecule has 3 atom stereocenters. The Morgan fingerprint density at radius 1 is 0.806 bits per heavy atom. The number of hydrogen-bond acceptors (Lipinski definition) is 2. The highest BCUT2D eigenvalue weighted by Gasteiger charge is 2.37. The third kappa shape index (κ3) is 3.25. The molecule has 0 fully saturated rings. The Labute approximate surface area is 183 Å². The van der Waals surface area contributed by atoms with Crippen molar-refractivity contribution < 1.29 is 0 Å². The van der Waals surface area contributed by atoms with Gasteiger partial charge in [0.2, 0.25) is 0 Å². The number of aliphatic imine (C=N–C) groups is 1. The maximum absolute atomic E-state index is 4.76. The van der Waals surface area contributed by atoms with Gasteiger partial charge < -0.3 is 5.32 Å². The standard InChI is InChI=1S/C29H24N2/c1-2-10-24-20(7-1)8-5-9-22(24)19-30-23-17-15-21(16-18-23)29-27-13-6-12-25(27)26-11-3-4-14-28(26)31-29/h1-12,14-19,25,27,29,31H,13H2/t25-,27+,29+/m1/s1. The van der Waals surface area contributed by atoms with Crippen molar-refractivity contribution in [2.75, 3.05) is 5.32 Å². The molecule has 2 heteroatoms. The van der Waals surface area contributed by atoms with Gasteiger partial charge in [-0.3, -0.25) is 4.99 Å². The van der Waals surface area contributed by atoms with E-state index >= 15 is 0 Å². The van der Waals surface area contributed by atoms with Crippen molar-refractivity contribution >= 4 is 28.4 Å². The summed E-state index contributed by atoms with van der Waals surface area (Å²) < 4.78 is 0. The molecule has 1 heterocycles. The molecule has 1 aliphatic heterocycles. The Hall–Kier alpha value is -3.65. The van der Waals surface area contributed by atoms with E-state index in [9.17, 15) is 0 Å². The number of anilines is 1. The summed E-state index contributed by atoms with van der Waals surface area (Å²) in [6, 6.07) is 32.6. The second-order valence-corrected chi connectivity index (χ2v) is 8.48. The topological polar surface area (TPSA) is 24.4 Å². The minimum absolute atomic E-state index is 0.325. The third-order valence-electron chi connectivity index (χ3n) is 6.70. The van der Waals surface area contributed by atoms with Crippen molar-refractivity contribution in [3.05, 3.63) is 120 Å². The molecule has 0 amide bonds. The molecule has 0 saturated heterocycles. The molecule has 0 unspecified atom stereocenters. The quantitative estimate of drug-likeness (QED) is 0.281. The first kappa shape index (κ1) is 18.1. The van der Waals surface area contributed by atoms with E-state index in [1.165, 1.54) is 27.6 Å². The summed E-state index contributed by atoms with van der Waals surface area (Å²) in [5.74, 6) is 1.08. The van der Waals surface area contributed by atoms with E-state index in [-0.39, 0.29) is 0 Å². The van der Waals surface area contributed by atoms with Gasteiger partial charge in [0.15, 0.2) is 0 Å². The van der Waals surface area contributed by atoms with Gasteiger partial charge in [0, 0.05) is 23.4 Å². The van der Waals surface area contributed by atoms with Crippen LogP contribution in [0.25, 0.3) is 10.8 Å². The molecule has 0 saturated carbocycles. The van der Waals surface area contributed by atoms with Crippen molar-refractivity contribution in [3.8, 4) is 0 Å². The molecule has 1 N–H and O–H groups in total. The Bertz CT molecular complexity index is 1290. The molecule has 150 valence electrons. The van der Waals surface area contributed by atoms with Crippen molar-refractivity contribution in [1.29, 1.82) is 0 Å². The van der Waals surface area contributed by atoms with E-state index in [1.54, 1.807) is 0 Å². The molecule has 0 radical (unpaired) electrons. The molecule has 6 rings (SSSR count). The van der Waals surface area contributed by atoms with E-state index in [1.807, 2.05) is 6.21 Å². The zero-order valence-corrected chi connectivity index (χ0v) is 17.3. The lowest BCUT2D eigenvalue weighted by Gasteiger charge is -2.37. The molecule has 0 aromatic heterocycles. The molecule has 2 aliphatic rings. The van der Waals surface area contributed by atoms with Crippen LogP contribution in [0.3, 0.4) is 0 Å². The summed E-state index contributed by atoms with van der Waals surface area (Å²) in [6.45, 7) is 0. The van der Waals surface area contributed by atoms with E-state index < -0.39 is 0 Å². The van der Waals surface area contributed by atoms with Crippen LogP contribution in [-0.4, -0.2) is 6.21 Å². The van der Waals surface area contributed by atoms with Gasteiger partial charge in [-0.05, 0) is 52.4 Å². The fraction of sp³-hybridized carbons (Fsp3) is 0.138. The third-order valence-corrected chi connectivity index (χ3v) is 6.70. The molecular weight excluding hydrogens is 376 g/mol. The number of rotatable bonds is 3. The van der Waals surface area contributed by atoms with Crippen molar-refractivity contribution in [3.63, 3.8) is 0 Å². The summed E-state index contributed by atoms with van der Waals surface area (Å²) in [7, 11) is 0. The van der Waals surface area contributed by atoms with Crippen molar-refractivity contribution in [2.45, 2.75) is 18.4 Å². The van der Waals surface area contributed by atoms with Crippen LogP contribution in [0.1, 0.15) is 35.1 Å². The van der Waals surface area contributed by atoms with Crippen LogP contribution in [0, 0.1) is 5.92 Å². The molecule has 4 aromatic carbocycles. The first-order valence-electron chi connectivity index (χ1n) is 11.0. The van der Waals surface area contributed by atoms with Crippen molar-refractivity contribution in [1.82, 2.24) is 0 Å². The maximum atomic E-state index is 4.76. The summed E-state index contributed by atoms with van der Waals surface area (Å²) in [5.41, 5.74) is 6.14. The minimum atomic E-state index is 0.325. The number of allylic oxidation sites excluding steroid dienone is 2. The summed E-state index contributed by atoms with van der Waals surface area (Å²) in [5, 5.41) is 6.28. The molecule has 0 bridgehead atoms. The summed E-state index contributed by atoms with van der Waals surface area (Å²) in [6.07, 6.45) is 7.83. The Kier molecular flexibility index (Phi) is 4.42. The van der Waals surface area contributed by atoms with Crippen molar-refractivity contribution in [2.24, 2.45) is 10.9 Å². The van der Waals surface area contributed by atoms with Gasteiger partial charge in [-0.25, -0.2) is 0 Å². The first-order valence-corrected chi connectivity index (χ1v) is 11.0.